The van der Waals surface area contributed by atoms with Crippen molar-refractivity contribution in [2.75, 3.05) is 46.9 Å². The highest BCUT2D eigenvalue weighted by Gasteiger charge is 2.55. The quantitative estimate of drug-likeness (QED) is 0.625. The first-order valence-electron chi connectivity index (χ1n) is 12.2. The molecule has 1 aromatic rings. The summed E-state index contributed by atoms with van der Waals surface area (Å²) in [5, 5.41) is 11.6. The van der Waals surface area contributed by atoms with E-state index in [-0.39, 0.29) is 48.5 Å². The molecule has 1 heterocycles. The van der Waals surface area contributed by atoms with E-state index in [0.717, 1.165) is 50.6 Å². The molecule has 2 aliphatic carbocycles. The Kier molecular flexibility index (Phi) is 6.96. The van der Waals surface area contributed by atoms with E-state index in [1.807, 2.05) is 12.1 Å². The van der Waals surface area contributed by atoms with Gasteiger partial charge in [0.25, 0.3) is 0 Å². The molecule has 1 saturated heterocycles. The molecule has 7 nitrogen and oxygen atoms in total. The van der Waals surface area contributed by atoms with Gasteiger partial charge in [0.15, 0.2) is 0 Å². The monoisotopic (exact) mass is 460 g/mol. The summed E-state index contributed by atoms with van der Waals surface area (Å²) in [6.45, 7) is 1.42. The smallest absolute Gasteiger partial charge is 0.321 e. The third kappa shape index (κ3) is 4.60. The van der Waals surface area contributed by atoms with Gasteiger partial charge in [-0.25, -0.2) is 9.18 Å². The second-order valence-electron chi connectivity index (χ2n) is 10.3. The van der Waals surface area contributed by atoms with Crippen molar-refractivity contribution in [3.63, 3.8) is 0 Å². The summed E-state index contributed by atoms with van der Waals surface area (Å²) in [7, 11) is 4.15. The van der Waals surface area contributed by atoms with E-state index in [2.05, 4.69) is 29.2 Å². The molecule has 1 aliphatic heterocycles. The van der Waals surface area contributed by atoms with Crippen molar-refractivity contribution in [3.05, 3.63) is 35.6 Å². The summed E-state index contributed by atoms with van der Waals surface area (Å²) >= 11 is 0. The van der Waals surface area contributed by atoms with Gasteiger partial charge in [-0.05, 0) is 76.2 Å². The fourth-order valence-corrected chi connectivity index (χ4v) is 5.95. The number of carbonyl (C=O) groups is 2. The number of hydrogen-bond acceptors (Lipinski definition) is 4. The van der Waals surface area contributed by atoms with E-state index in [1.54, 1.807) is 4.90 Å². The minimum Gasteiger partial charge on any atom is -0.395 e. The van der Waals surface area contributed by atoms with Crippen LogP contribution >= 0.6 is 0 Å². The van der Waals surface area contributed by atoms with Crippen molar-refractivity contribution in [1.82, 2.24) is 20.0 Å². The van der Waals surface area contributed by atoms with E-state index in [0.29, 0.717) is 12.5 Å². The number of benzene rings is 1. The average molecular weight is 461 g/mol. The minimum atomic E-state index is -0.274. The van der Waals surface area contributed by atoms with Gasteiger partial charge in [-0.15, -0.1) is 0 Å². The zero-order valence-electron chi connectivity index (χ0n) is 19.9. The predicted octanol–water partition coefficient (Wildman–Crippen LogP) is 2.54. The number of nitrogens with one attached hydrogen (secondary N) is 1. The van der Waals surface area contributed by atoms with Crippen LogP contribution in [0.3, 0.4) is 0 Å². The second kappa shape index (κ2) is 9.58. The largest absolute Gasteiger partial charge is 0.395 e. The van der Waals surface area contributed by atoms with Crippen LogP contribution < -0.4 is 5.32 Å². The Morgan fingerprint density at radius 1 is 1.18 bits per heavy atom. The predicted molar refractivity (Wildman–Crippen MR) is 124 cm³/mol. The summed E-state index contributed by atoms with van der Waals surface area (Å²) < 4.78 is 13.6. The van der Waals surface area contributed by atoms with Crippen LogP contribution in [-0.2, 0) is 10.3 Å². The van der Waals surface area contributed by atoms with Crippen molar-refractivity contribution in [1.29, 1.82) is 0 Å². The van der Waals surface area contributed by atoms with Crippen LogP contribution in [0.5, 0.6) is 0 Å². The number of amides is 3. The summed E-state index contributed by atoms with van der Waals surface area (Å²) in [6, 6.07) is 6.79. The number of nitrogens with zero attached hydrogens (tertiary/aromatic N) is 3. The van der Waals surface area contributed by atoms with Crippen molar-refractivity contribution < 1.29 is 19.1 Å². The van der Waals surface area contributed by atoms with Gasteiger partial charge in [0, 0.05) is 25.2 Å². The zero-order chi connectivity index (χ0) is 23.6. The van der Waals surface area contributed by atoms with E-state index >= 15 is 0 Å². The maximum absolute atomic E-state index is 13.6. The molecule has 0 bridgehead atoms. The van der Waals surface area contributed by atoms with Crippen molar-refractivity contribution in [2.24, 2.45) is 5.92 Å². The SMILES string of the molecule is CN(C)[C@]1(c2ccc(F)cc2)CC[C@@]2(CC1)CN(CC(=O)NCCO)C(=O)N2CC1CCC1. The molecule has 1 aromatic carbocycles. The van der Waals surface area contributed by atoms with Gasteiger partial charge >= 0.3 is 6.03 Å². The molecule has 0 atom stereocenters. The molecular formula is C25H37FN4O3. The van der Waals surface area contributed by atoms with Crippen molar-refractivity contribution >= 4 is 11.9 Å². The summed E-state index contributed by atoms with van der Waals surface area (Å²) in [6.07, 6.45) is 6.96. The topological polar surface area (TPSA) is 76.1 Å². The Hall–Kier alpha value is -2.19. The standard InChI is InChI=1S/C25H37FN4O3/c1-28(2)25(20-6-8-21(26)9-7-20)12-10-24(11-13-25)18-29(17-22(32)27-14-15-31)23(33)30(24)16-19-4-3-5-19/h6-9,19,31H,3-5,10-18H2,1-2H3,(H,27,32)/t24-,25-. The van der Waals surface area contributed by atoms with E-state index < -0.39 is 0 Å². The number of aliphatic hydroxyl groups is 1. The molecule has 8 heteroatoms. The number of aliphatic hydroxyl groups excluding tert-OH is 1. The molecule has 4 rings (SSSR count). The first-order chi connectivity index (χ1) is 15.8. The summed E-state index contributed by atoms with van der Waals surface area (Å²) in [4.78, 5) is 31.7. The number of rotatable bonds is 8. The van der Waals surface area contributed by atoms with Gasteiger partial charge in [0.1, 0.15) is 12.4 Å². The maximum atomic E-state index is 13.6. The average Bonchev–Trinajstić information content (AvgIpc) is 3.01. The summed E-state index contributed by atoms with van der Waals surface area (Å²) in [5.41, 5.74) is 0.637. The minimum absolute atomic E-state index is 0.0263. The lowest BCUT2D eigenvalue weighted by Gasteiger charge is -2.51. The Morgan fingerprint density at radius 2 is 1.85 bits per heavy atom. The molecule has 182 valence electrons. The van der Waals surface area contributed by atoms with Crippen molar-refractivity contribution in [3.8, 4) is 0 Å². The van der Waals surface area contributed by atoms with E-state index in [4.69, 9.17) is 5.11 Å². The molecule has 0 aromatic heterocycles. The molecule has 2 N–H and O–H groups in total. The summed E-state index contributed by atoms with van der Waals surface area (Å²) in [5.74, 6) is 0.0811. The van der Waals surface area contributed by atoms with Crippen LogP contribution in [0, 0.1) is 11.7 Å². The second-order valence-corrected chi connectivity index (χ2v) is 10.3. The van der Waals surface area contributed by atoms with Gasteiger partial charge in [0.05, 0.1) is 12.1 Å². The maximum Gasteiger partial charge on any atom is 0.321 e. The lowest BCUT2D eigenvalue weighted by atomic mass is 9.68. The molecule has 33 heavy (non-hydrogen) atoms. The highest BCUT2D eigenvalue weighted by molar-refractivity contribution is 5.86. The first-order valence-corrected chi connectivity index (χ1v) is 12.2. The molecule has 3 amide bonds. The van der Waals surface area contributed by atoms with Gasteiger partial charge < -0.3 is 20.2 Å². The van der Waals surface area contributed by atoms with Crippen LogP contribution in [0.4, 0.5) is 9.18 Å². The van der Waals surface area contributed by atoms with E-state index in [1.165, 1.54) is 18.6 Å². The third-order valence-corrected chi connectivity index (χ3v) is 8.24. The van der Waals surface area contributed by atoms with Crippen LogP contribution in [0.15, 0.2) is 24.3 Å². The Labute approximate surface area is 195 Å². The van der Waals surface area contributed by atoms with Gasteiger partial charge in [-0.2, -0.15) is 0 Å². The normalized spacial score (nSPS) is 28.0. The van der Waals surface area contributed by atoms with Crippen LogP contribution in [0.2, 0.25) is 0 Å². The van der Waals surface area contributed by atoms with E-state index in [9.17, 15) is 14.0 Å². The molecule has 2 saturated carbocycles. The van der Waals surface area contributed by atoms with Crippen molar-refractivity contribution in [2.45, 2.75) is 56.0 Å². The first kappa shape index (κ1) is 24.0. The van der Waals surface area contributed by atoms with Crippen LogP contribution in [0.25, 0.3) is 0 Å². The van der Waals surface area contributed by atoms with Gasteiger partial charge in [-0.3, -0.25) is 9.69 Å². The third-order valence-electron chi connectivity index (χ3n) is 8.24. The lowest BCUT2D eigenvalue weighted by molar-refractivity contribution is -0.121. The fraction of sp³-hybridized carbons (Fsp3) is 0.680. The molecular weight excluding hydrogens is 423 g/mol. The number of hydrogen-bond donors (Lipinski definition) is 2. The highest BCUT2D eigenvalue weighted by Crippen LogP contribution is 2.49. The molecule has 0 radical (unpaired) electrons. The molecule has 1 spiro atoms. The Morgan fingerprint density at radius 3 is 2.39 bits per heavy atom. The number of urea groups is 1. The number of halogens is 1. The molecule has 3 fully saturated rings. The van der Waals surface area contributed by atoms with Crippen LogP contribution in [-0.4, -0.2) is 84.2 Å². The fourth-order valence-electron chi connectivity index (χ4n) is 5.95. The lowest BCUT2D eigenvalue weighted by Crippen LogP contribution is -2.56. The Bertz CT molecular complexity index is 848. The van der Waals surface area contributed by atoms with Crippen LogP contribution in [0.1, 0.15) is 50.5 Å². The molecule has 0 unspecified atom stereocenters. The number of carbonyl (C=O) groups excluding carboxylic acids is 2. The van der Waals surface area contributed by atoms with Gasteiger partial charge in [0.2, 0.25) is 5.91 Å². The van der Waals surface area contributed by atoms with Gasteiger partial charge in [-0.1, -0.05) is 18.6 Å². The Balaban J connectivity index is 1.54. The zero-order valence-corrected chi connectivity index (χ0v) is 19.9. The molecule has 3 aliphatic rings. The highest BCUT2D eigenvalue weighted by atomic mass is 19.1.